The quantitative estimate of drug-likeness (QED) is 0.904. The summed E-state index contributed by atoms with van der Waals surface area (Å²) in [5.41, 5.74) is 1.78. The van der Waals surface area contributed by atoms with E-state index in [1.54, 1.807) is 17.9 Å². The fourth-order valence-electron chi connectivity index (χ4n) is 3.16. The van der Waals surface area contributed by atoms with Crippen molar-refractivity contribution >= 4 is 22.7 Å². The normalized spacial score (nSPS) is 17.2. The number of carboxylic acid groups (broad SMARTS) is 1. The van der Waals surface area contributed by atoms with Gasteiger partial charge in [-0.25, -0.2) is 9.78 Å². The van der Waals surface area contributed by atoms with E-state index >= 15 is 0 Å². The number of carbonyl (C=O) groups is 1. The number of fused-ring (bicyclic) bond motifs is 1. The molecular weight excluding hydrogens is 268 g/mol. The number of aromatic nitrogens is 3. The molecule has 1 aliphatic carbocycles. The number of carboxylic acids is 1. The highest BCUT2D eigenvalue weighted by atomic mass is 16.4. The zero-order valence-corrected chi connectivity index (χ0v) is 12.4. The molecular formula is C15H20N4O2. The van der Waals surface area contributed by atoms with Crippen molar-refractivity contribution in [3.05, 3.63) is 18.0 Å². The maximum atomic E-state index is 11.4. The van der Waals surface area contributed by atoms with Gasteiger partial charge >= 0.3 is 5.97 Å². The molecule has 2 N–H and O–H groups in total. The molecule has 3 rings (SSSR count). The molecule has 0 aromatic carbocycles. The monoisotopic (exact) mass is 288 g/mol. The van der Waals surface area contributed by atoms with E-state index in [4.69, 9.17) is 0 Å². The van der Waals surface area contributed by atoms with Gasteiger partial charge in [-0.15, -0.1) is 0 Å². The van der Waals surface area contributed by atoms with Gasteiger partial charge in [0.2, 0.25) is 0 Å². The lowest BCUT2D eigenvalue weighted by Crippen LogP contribution is -2.24. The van der Waals surface area contributed by atoms with Crippen LogP contribution in [0.1, 0.15) is 43.0 Å². The zero-order chi connectivity index (χ0) is 15.0. The molecule has 0 bridgehead atoms. The molecule has 6 nitrogen and oxygen atoms in total. The van der Waals surface area contributed by atoms with Gasteiger partial charge in [-0.1, -0.05) is 19.8 Å². The number of hydrogen-bond donors (Lipinski definition) is 2. The van der Waals surface area contributed by atoms with Gasteiger partial charge in [-0.2, -0.15) is 5.10 Å². The van der Waals surface area contributed by atoms with Crippen LogP contribution in [0.4, 0.5) is 5.69 Å². The molecule has 2 aromatic rings. The van der Waals surface area contributed by atoms with Crippen LogP contribution in [0.25, 0.3) is 11.0 Å². The van der Waals surface area contributed by atoms with Crippen molar-refractivity contribution < 1.29 is 9.90 Å². The maximum Gasteiger partial charge on any atom is 0.339 e. The second kappa shape index (κ2) is 5.02. The minimum absolute atomic E-state index is 0.206. The summed E-state index contributed by atoms with van der Waals surface area (Å²) in [6.07, 6.45) is 7.96. The molecule has 1 fully saturated rings. The van der Waals surface area contributed by atoms with Gasteiger partial charge in [-0.05, 0) is 18.3 Å². The standard InChI is InChI=1S/C15H20N4O2/c1-15(5-3-4-6-15)9-17-12-10-8-18-19(2)13(10)16-7-11(12)14(20)21/h7-8H,3-6,9H2,1-2H3,(H,16,17)(H,20,21). The number of nitrogens with one attached hydrogen (secondary N) is 1. The smallest absolute Gasteiger partial charge is 0.339 e. The summed E-state index contributed by atoms with van der Waals surface area (Å²) in [7, 11) is 1.80. The molecule has 2 aromatic heterocycles. The molecule has 0 atom stereocenters. The Morgan fingerprint density at radius 2 is 2.14 bits per heavy atom. The van der Waals surface area contributed by atoms with Crippen molar-refractivity contribution in [2.24, 2.45) is 12.5 Å². The van der Waals surface area contributed by atoms with E-state index in [0.29, 0.717) is 11.3 Å². The molecule has 1 aliphatic rings. The van der Waals surface area contributed by atoms with Gasteiger partial charge in [0.15, 0.2) is 5.65 Å². The second-order valence-electron chi connectivity index (χ2n) is 6.23. The van der Waals surface area contributed by atoms with E-state index in [1.807, 2.05) is 0 Å². The molecule has 2 heterocycles. The molecule has 6 heteroatoms. The van der Waals surface area contributed by atoms with Crippen molar-refractivity contribution in [1.82, 2.24) is 14.8 Å². The molecule has 0 saturated heterocycles. The second-order valence-corrected chi connectivity index (χ2v) is 6.23. The Morgan fingerprint density at radius 1 is 1.43 bits per heavy atom. The summed E-state index contributed by atoms with van der Waals surface area (Å²) < 4.78 is 1.66. The van der Waals surface area contributed by atoms with Crippen LogP contribution in [0, 0.1) is 5.41 Å². The molecule has 0 radical (unpaired) electrons. The zero-order valence-electron chi connectivity index (χ0n) is 12.4. The van der Waals surface area contributed by atoms with E-state index in [9.17, 15) is 9.90 Å². The average molecular weight is 288 g/mol. The van der Waals surface area contributed by atoms with Crippen LogP contribution in [-0.2, 0) is 7.05 Å². The minimum atomic E-state index is -0.965. The molecule has 0 aliphatic heterocycles. The van der Waals surface area contributed by atoms with Crippen LogP contribution in [-0.4, -0.2) is 32.4 Å². The fourth-order valence-corrected chi connectivity index (χ4v) is 3.16. The molecule has 0 unspecified atom stereocenters. The summed E-state index contributed by atoms with van der Waals surface area (Å²) in [4.78, 5) is 15.6. The first kappa shape index (κ1) is 13.9. The average Bonchev–Trinajstić information content (AvgIpc) is 3.04. The van der Waals surface area contributed by atoms with Crippen molar-refractivity contribution in [1.29, 1.82) is 0 Å². The first-order valence-corrected chi connectivity index (χ1v) is 7.28. The van der Waals surface area contributed by atoms with E-state index in [0.717, 1.165) is 11.9 Å². The fraction of sp³-hybridized carbons (Fsp3) is 0.533. The Balaban J connectivity index is 1.98. The van der Waals surface area contributed by atoms with Crippen molar-refractivity contribution in [2.45, 2.75) is 32.6 Å². The summed E-state index contributed by atoms with van der Waals surface area (Å²) in [5, 5.41) is 17.7. The van der Waals surface area contributed by atoms with E-state index in [2.05, 4.69) is 22.3 Å². The Bertz CT molecular complexity index is 686. The number of pyridine rings is 1. The third-order valence-corrected chi connectivity index (χ3v) is 4.50. The molecule has 21 heavy (non-hydrogen) atoms. The first-order valence-electron chi connectivity index (χ1n) is 7.28. The van der Waals surface area contributed by atoms with Crippen LogP contribution in [0.3, 0.4) is 0 Å². The predicted octanol–water partition coefficient (Wildman–Crippen LogP) is 2.66. The Kier molecular flexibility index (Phi) is 3.31. The van der Waals surface area contributed by atoms with Crippen molar-refractivity contribution in [3.8, 4) is 0 Å². The van der Waals surface area contributed by atoms with Gasteiger partial charge in [0.1, 0.15) is 5.56 Å². The van der Waals surface area contributed by atoms with Crippen LogP contribution < -0.4 is 5.32 Å². The van der Waals surface area contributed by atoms with Gasteiger partial charge in [0.25, 0.3) is 0 Å². The summed E-state index contributed by atoms with van der Waals surface area (Å²) in [5.74, 6) is -0.965. The van der Waals surface area contributed by atoms with Crippen LogP contribution >= 0.6 is 0 Å². The number of aryl methyl sites for hydroxylation is 1. The summed E-state index contributed by atoms with van der Waals surface area (Å²) in [6.45, 7) is 3.04. The predicted molar refractivity (Wildman–Crippen MR) is 80.5 cm³/mol. The largest absolute Gasteiger partial charge is 0.478 e. The summed E-state index contributed by atoms with van der Waals surface area (Å²) >= 11 is 0. The Labute approximate surface area is 123 Å². The van der Waals surface area contributed by atoms with E-state index in [1.165, 1.54) is 31.9 Å². The topological polar surface area (TPSA) is 80.0 Å². The minimum Gasteiger partial charge on any atom is -0.478 e. The molecule has 112 valence electrons. The lowest BCUT2D eigenvalue weighted by Gasteiger charge is -2.25. The maximum absolute atomic E-state index is 11.4. The number of nitrogens with zero attached hydrogens (tertiary/aromatic N) is 3. The Hall–Kier alpha value is -2.11. The first-order chi connectivity index (χ1) is 10.0. The third-order valence-electron chi connectivity index (χ3n) is 4.50. The molecule has 0 amide bonds. The highest BCUT2D eigenvalue weighted by Crippen LogP contribution is 2.38. The van der Waals surface area contributed by atoms with Gasteiger partial charge < -0.3 is 10.4 Å². The van der Waals surface area contributed by atoms with Gasteiger partial charge in [0.05, 0.1) is 17.3 Å². The van der Waals surface area contributed by atoms with Crippen molar-refractivity contribution in [3.63, 3.8) is 0 Å². The van der Waals surface area contributed by atoms with Crippen molar-refractivity contribution in [2.75, 3.05) is 11.9 Å². The highest BCUT2D eigenvalue weighted by molar-refractivity contribution is 6.03. The summed E-state index contributed by atoms with van der Waals surface area (Å²) in [6, 6.07) is 0. The number of aromatic carboxylic acids is 1. The Morgan fingerprint density at radius 3 is 2.81 bits per heavy atom. The van der Waals surface area contributed by atoms with E-state index < -0.39 is 5.97 Å². The lowest BCUT2D eigenvalue weighted by molar-refractivity contribution is 0.0697. The lowest BCUT2D eigenvalue weighted by atomic mass is 9.89. The SMILES string of the molecule is Cn1ncc2c(NCC3(C)CCCC3)c(C(=O)O)cnc21. The number of hydrogen-bond acceptors (Lipinski definition) is 4. The number of rotatable bonds is 4. The van der Waals surface area contributed by atoms with Crippen LogP contribution in [0.5, 0.6) is 0 Å². The van der Waals surface area contributed by atoms with Gasteiger partial charge in [0, 0.05) is 19.8 Å². The molecule has 0 spiro atoms. The highest BCUT2D eigenvalue weighted by Gasteiger charge is 2.29. The van der Waals surface area contributed by atoms with Crippen LogP contribution in [0.15, 0.2) is 12.4 Å². The number of anilines is 1. The van der Waals surface area contributed by atoms with Crippen LogP contribution in [0.2, 0.25) is 0 Å². The van der Waals surface area contributed by atoms with E-state index in [-0.39, 0.29) is 11.0 Å². The molecule has 1 saturated carbocycles. The van der Waals surface area contributed by atoms with Gasteiger partial charge in [-0.3, -0.25) is 4.68 Å². The third kappa shape index (κ3) is 2.46.